The number of rotatable bonds is 2. The molecule has 0 unspecified atom stereocenters. The van der Waals surface area contributed by atoms with Crippen LogP contribution in [0.2, 0.25) is 0 Å². The Kier molecular flexibility index (Phi) is 2.90. The molecule has 0 spiro atoms. The van der Waals surface area contributed by atoms with E-state index in [0.29, 0.717) is 5.69 Å². The van der Waals surface area contributed by atoms with Gasteiger partial charge >= 0.3 is 0 Å². The summed E-state index contributed by atoms with van der Waals surface area (Å²) in [5.74, 6) is -0.0886. The summed E-state index contributed by atoms with van der Waals surface area (Å²) in [4.78, 5) is 12.5. The summed E-state index contributed by atoms with van der Waals surface area (Å²) in [7, 11) is 0. The highest BCUT2D eigenvalue weighted by molar-refractivity contribution is 5.57. The molecule has 0 atom stereocenters. The average Bonchev–Trinajstić information content (AvgIpc) is 2.30. The van der Waals surface area contributed by atoms with Gasteiger partial charge in [-0.3, -0.25) is 15.0 Å². The topological polar surface area (TPSA) is 38.7 Å². The fourth-order valence-corrected chi connectivity index (χ4v) is 1.48. The Hall–Kier alpha value is -1.84. The number of aromatic nitrogens is 3. The minimum absolute atomic E-state index is 0.260. The van der Waals surface area contributed by atoms with Crippen LogP contribution in [0.25, 0.3) is 11.4 Å². The van der Waals surface area contributed by atoms with Gasteiger partial charge < -0.3 is 0 Å². The van der Waals surface area contributed by atoms with E-state index in [1.54, 1.807) is 18.5 Å². The Morgan fingerprint density at radius 1 is 1.06 bits per heavy atom. The average molecular weight is 217 g/mol. The third-order valence-corrected chi connectivity index (χ3v) is 2.24. The summed E-state index contributed by atoms with van der Waals surface area (Å²) in [5, 5.41) is 0. The minimum Gasteiger partial charge on any atom is -0.257 e. The minimum atomic E-state index is -0.348. The van der Waals surface area contributed by atoms with Gasteiger partial charge in [-0.2, -0.15) is 0 Å². The van der Waals surface area contributed by atoms with Crippen LogP contribution in [0, 0.1) is 5.82 Å². The number of hydrogen-bond acceptors (Lipinski definition) is 3. The van der Waals surface area contributed by atoms with Crippen LogP contribution in [-0.2, 0) is 0 Å². The highest BCUT2D eigenvalue weighted by atomic mass is 19.1. The fraction of sp³-hybridized carbons (Fsp3) is 0.250. The first-order chi connectivity index (χ1) is 7.68. The third-order valence-electron chi connectivity index (χ3n) is 2.24. The van der Waals surface area contributed by atoms with E-state index in [-0.39, 0.29) is 11.7 Å². The standard InChI is InChI=1S/C12H12FN3/c1-8(2)11-12(15-6-5-14-11)10-4-3-9(13)7-16-10/h3-8H,1-2H3. The van der Waals surface area contributed by atoms with Crippen molar-refractivity contribution in [1.29, 1.82) is 0 Å². The lowest BCUT2D eigenvalue weighted by molar-refractivity contribution is 0.621. The number of hydrogen-bond donors (Lipinski definition) is 0. The first-order valence-corrected chi connectivity index (χ1v) is 5.11. The smallest absolute Gasteiger partial charge is 0.141 e. The van der Waals surface area contributed by atoms with Gasteiger partial charge in [0.1, 0.15) is 11.5 Å². The zero-order chi connectivity index (χ0) is 11.5. The molecule has 0 bridgehead atoms. The molecule has 0 saturated carbocycles. The Balaban J connectivity index is 2.51. The number of nitrogens with zero attached hydrogens (tertiary/aromatic N) is 3. The van der Waals surface area contributed by atoms with Crippen molar-refractivity contribution in [2.75, 3.05) is 0 Å². The predicted molar refractivity (Wildman–Crippen MR) is 59.3 cm³/mol. The van der Waals surface area contributed by atoms with Gasteiger partial charge in [0, 0.05) is 12.4 Å². The van der Waals surface area contributed by atoms with Crippen LogP contribution >= 0.6 is 0 Å². The van der Waals surface area contributed by atoms with Crippen molar-refractivity contribution in [2.24, 2.45) is 0 Å². The molecule has 2 aromatic heterocycles. The normalized spacial score (nSPS) is 10.8. The predicted octanol–water partition coefficient (Wildman–Crippen LogP) is 2.80. The highest BCUT2D eigenvalue weighted by Crippen LogP contribution is 2.23. The van der Waals surface area contributed by atoms with Crippen molar-refractivity contribution < 1.29 is 4.39 Å². The van der Waals surface area contributed by atoms with E-state index in [1.165, 1.54) is 12.3 Å². The summed E-state index contributed by atoms with van der Waals surface area (Å²) in [6, 6.07) is 2.99. The van der Waals surface area contributed by atoms with Crippen LogP contribution in [-0.4, -0.2) is 15.0 Å². The van der Waals surface area contributed by atoms with Crippen molar-refractivity contribution in [3.63, 3.8) is 0 Å². The first kappa shape index (κ1) is 10.7. The number of halogens is 1. The highest BCUT2D eigenvalue weighted by Gasteiger charge is 2.11. The zero-order valence-corrected chi connectivity index (χ0v) is 9.18. The molecular weight excluding hydrogens is 205 g/mol. The molecule has 2 rings (SSSR count). The van der Waals surface area contributed by atoms with Gasteiger partial charge in [-0.05, 0) is 18.1 Å². The van der Waals surface area contributed by atoms with Gasteiger partial charge in [-0.1, -0.05) is 13.8 Å². The number of pyridine rings is 1. The fourth-order valence-electron chi connectivity index (χ4n) is 1.48. The molecule has 2 heterocycles. The molecule has 3 nitrogen and oxygen atoms in total. The van der Waals surface area contributed by atoms with Crippen molar-refractivity contribution in [3.05, 3.63) is 42.2 Å². The summed E-state index contributed by atoms with van der Waals surface area (Å²) < 4.78 is 12.8. The van der Waals surface area contributed by atoms with E-state index in [2.05, 4.69) is 15.0 Å². The molecule has 0 aliphatic rings. The van der Waals surface area contributed by atoms with E-state index < -0.39 is 0 Å². The Morgan fingerprint density at radius 3 is 2.44 bits per heavy atom. The summed E-state index contributed by atoms with van der Waals surface area (Å²) in [5.41, 5.74) is 2.25. The molecule has 2 aromatic rings. The molecule has 0 radical (unpaired) electrons. The maximum absolute atomic E-state index is 12.8. The monoisotopic (exact) mass is 217 g/mol. The van der Waals surface area contributed by atoms with Crippen LogP contribution in [0.1, 0.15) is 25.5 Å². The summed E-state index contributed by atoms with van der Waals surface area (Å²) in [6.07, 6.45) is 4.46. The van der Waals surface area contributed by atoms with E-state index in [9.17, 15) is 4.39 Å². The second kappa shape index (κ2) is 4.35. The molecule has 0 aliphatic heterocycles. The summed E-state index contributed by atoms with van der Waals surface area (Å²) >= 11 is 0. The summed E-state index contributed by atoms with van der Waals surface area (Å²) in [6.45, 7) is 4.08. The van der Waals surface area contributed by atoms with Crippen LogP contribution < -0.4 is 0 Å². The van der Waals surface area contributed by atoms with Crippen molar-refractivity contribution in [1.82, 2.24) is 15.0 Å². The molecule has 0 amide bonds. The van der Waals surface area contributed by atoms with Crippen LogP contribution in [0.3, 0.4) is 0 Å². The molecule has 0 aliphatic carbocycles. The van der Waals surface area contributed by atoms with Crippen molar-refractivity contribution in [3.8, 4) is 11.4 Å². The van der Waals surface area contributed by atoms with E-state index in [1.807, 2.05) is 13.8 Å². The lowest BCUT2D eigenvalue weighted by atomic mass is 10.1. The van der Waals surface area contributed by atoms with Gasteiger partial charge in [-0.25, -0.2) is 4.39 Å². The second-order valence-electron chi connectivity index (χ2n) is 3.81. The molecule has 4 heteroatoms. The molecule has 82 valence electrons. The van der Waals surface area contributed by atoms with E-state index >= 15 is 0 Å². The first-order valence-electron chi connectivity index (χ1n) is 5.11. The maximum atomic E-state index is 12.8. The second-order valence-corrected chi connectivity index (χ2v) is 3.81. The van der Waals surface area contributed by atoms with Crippen molar-refractivity contribution >= 4 is 0 Å². The Bertz CT molecular complexity index is 480. The van der Waals surface area contributed by atoms with Gasteiger partial charge in [0.05, 0.1) is 17.6 Å². The van der Waals surface area contributed by atoms with E-state index in [0.717, 1.165) is 11.4 Å². The lowest BCUT2D eigenvalue weighted by Gasteiger charge is -2.09. The maximum Gasteiger partial charge on any atom is 0.141 e. The Morgan fingerprint density at radius 2 is 1.81 bits per heavy atom. The van der Waals surface area contributed by atoms with Crippen LogP contribution in [0.5, 0.6) is 0 Å². The molecule has 0 aromatic carbocycles. The molecular formula is C12H12FN3. The van der Waals surface area contributed by atoms with Gasteiger partial charge in [0.15, 0.2) is 0 Å². The zero-order valence-electron chi connectivity index (χ0n) is 9.18. The SMILES string of the molecule is CC(C)c1nccnc1-c1ccc(F)cn1. The molecule has 0 fully saturated rings. The van der Waals surface area contributed by atoms with Gasteiger partial charge in [0.2, 0.25) is 0 Å². The molecule has 0 saturated heterocycles. The largest absolute Gasteiger partial charge is 0.257 e. The lowest BCUT2D eigenvalue weighted by Crippen LogP contribution is -2.00. The van der Waals surface area contributed by atoms with Gasteiger partial charge in [-0.15, -0.1) is 0 Å². The van der Waals surface area contributed by atoms with Gasteiger partial charge in [0.25, 0.3) is 0 Å². The molecule has 0 N–H and O–H groups in total. The van der Waals surface area contributed by atoms with Crippen molar-refractivity contribution in [2.45, 2.75) is 19.8 Å². The quantitative estimate of drug-likeness (QED) is 0.776. The van der Waals surface area contributed by atoms with E-state index in [4.69, 9.17) is 0 Å². The third kappa shape index (κ3) is 2.05. The Labute approximate surface area is 93.4 Å². The molecule has 16 heavy (non-hydrogen) atoms. The van der Waals surface area contributed by atoms with Crippen LogP contribution in [0.4, 0.5) is 4.39 Å². The van der Waals surface area contributed by atoms with Crippen LogP contribution in [0.15, 0.2) is 30.7 Å².